The Labute approximate surface area is 282 Å². The summed E-state index contributed by atoms with van der Waals surface area (Å²) in [7, 11) is 0. The molecular weight excluding hydrogens is 616 g/mol. The number of nitrogens with one attached hydrogen (secondary N) is 1. The second kappa shape index (κ2) is 15.9. The number of aromatic nitrogens is 3. The average Bonchev–Trinajstić information content (AvgIpc) is 3.61. The Morgan fingerprint density at radius 3 is 2.47 bits per heavy atom. The van der Waals surface area contributed by atoms with Gasteiger partial charge in [-0.25, -0.2) is 19.1 Å². The topological polar surface area (TPSA) is 118 Å². The van der Waals surface area contributed by atoms with Crippen molar-refractivity contribution < 1.29 is 23.9 Å². The molecule has 0 radical (unpaired) electrons. The number of nitrogens with zero attached hydrogens (tertiary/aromatic N) is 5. The second-order valence-corrected chi connectivity index (χ2v) is 15.0. The van der Waals surface area contributed by atoms with E-state index < -0.39 is 23.4 Å². The Morgan fingerprint density at radius 2 is 1.74 bits per heavy atom. The quantitative estimate of drug-likeness (QED) is 0.150. The lowest BCUT2D eigenvalue weighted by molar-refractivity contribution is 0.0221. The molecule has 3 amide bonds. The van der Waals surface area contributed by atoms with Crippen LogP contribution < -0.4 is 10.2 Å². The third-order valence-electron chi connectivity index (χ3n) is 7.47. The molecule has 0 atom stereocenters. The number of anilines is 1. The van der Waals surface area contributed by atoms with Crippen LogP contribution in [0.3, 0.4) is 0 Å². The minimum absolute atomic E-state index is 0.116. The van der Waals surface area contributed by atoms with Crippen LogP contribution >= 0.6 is 11.8 Å². The maximum Gasteiger partial charge on any atom is 0.410 e. The first kappa shape index (κ1) is 36.0. The van der Waals surface area contributed by atoms with E-state index in [1.165, 1.54) is 53.7 Å². The molecule has 0 saturated heterocycles. The van der Waals surface area contributed by atoms with E-state index in [9.17, 15) is 14.4 Å². The van der Waals surface area contributed by atoms with Crippen LogP contribution in [0, 0.1) is 0 Å². The monoisotopic (exact) mass is 666 g/mol. The van der Waals surface area contributed by atoms with Gasteiger partial charge in [0.15, 0.2) is 5.65 Å². The Hall–Kier alpha value is -3.80. The molecule has 1 aromatic carbocycles. The van der Waals surface area contributed by atoms with Gasteiger partial charge in [0.25, 0.3) is 5.91 Å². The van der Waals surface area contributed by atoms with E-state index in [4.69, 9.17) is 9.47 Å². The summed E-state index contributed by atoms with van der Waals surface area (Å²) in [5, 5.41) is 7.21. The number of rotatable bonds is 13. The van der Waals surface area contributed by atoms with Crippen molar-refractivity contribution in [2.45, 2.75) is 110 Å². The minimum Gasteiger partial charge on any atom is -0.444 e. The van der Waals surface area contributed by atoms with Gasteiger partial charge in [0.05, 0.1) is 18.4 Å². The number of benzene rings is 1. The van der Waals surface area contributed by atoms with Gasteiger partial charge in [-0.15, -0.1) is 11.8 Å². The summed E-state index contributed by atoms with van der Waals surface area (Å²) < 4.78 is 12.6. The molecule has 1 aliphatic rings. The number of amides is 3. The van der Waals surface area contributed by atoms with Gasteiger partial charge in [-0.1, -0.05) is 32.6 Å². The molecule has 0 bridgehead atoms. The van der Waals surface area contributed by atoms with E-state index in [0.29, 0.717) is 23.4 Å². The normalized spacial score (nSPS) is 13.0. The first-order valence-corrected chi connectivity index (χ1v) is 17.6. The van der Waals surface area contributed by atoms with Crippen LogP contribution in [-0.2, 0) is 22.4 Å². The number of carbonyl (C=O) groups is 3. The van der Waals surface area contributed by atoms with E-state index in [1.54, 1.807) is 63.2 Å². The summed E-state index contributed by atoms with van der Waals surface area (Å²) in [4.78, 5) is 48.3. The van der Waals surface area contributed by atoms with Crippen molar-refractivity contribution >= 4 is 41.2 Å². The molecule has 0 spiro atoms. The lowest BCUT2D eigenvalue weighted by Gasteiger charge is -2.28. The summed E-state index contributed by atoms with van der Waals surface area (Å²) in [6, 6.07) is 8.13. The second-order valence-electron chi connectivity index (χ2n) is 13.8. The van der Waals surface area contributed by atoms with Crippen LogP contribution in [0.15, 0.2) is 41.6 Å². The molecule has 0 fully saturated rings. The fourth-order valence-electron chi connectivity index (χ4n) is 5.30. The Kier molecular flexibility index (Phi) is 12.2. The fourth-order valence-corrected chi connectivity index (χ4v) is 6.27. The van der Waals surface area contributed by atoms with Crippen LogP contribution in [0.1, 0.15) is 102 Å². The molecule has 256 valence electrons. The average molecular weight is 667 g/mol. The number of unbranched alkanes of at least 4 members (excludes halogenated alkanes) is 4. The van der Waals surface area contributed by atoms with Crippen LogP contribution in [0.4, 0.5) is 15.3 Å². The van der Waals surface area contributed by atoms with E-state index in [1.807, 2.05) is 17.8 Å². The van der Waals surface area contributed by atoms with E-state index in [2.05, 4.69) is 34.5 Å². The highest BCUT2D eigenvalue weighted by molar-refractivity contribution is 7.99. The summed E-state index contributed by atoms with van der Waals surface area (Å²) in [6.45, 7) is 14.0. The lowest BCUT2D eigenvalue weighted by Crippen LogP contribution is -2.42. The van der Waals surface area contributed by atoms with Crippen molar-refractivity contribution in [2.75, 3.05) is 30.3 Å². The lowest BCUT2D eigenvalue weighted by atomic mass is 10.2. The number of thioether (sulfide) groups is 1. The zero-order chi connectivity index (χ0) is 34.2. The smallest absolute Gasteiger partial charge is 0.410 e. The molecule has 11 nitrogen and oxygen atoms in total. The molecular formula is C35H50N6O5S. The molecule has 0 saturated carbocycles. The first-order chi connectivity index (χ1) is 22.3. The van der Waals surface area contributed by atoms with Crippen molar-refractivity contribution in [2.24, 2.45) is 0 Å². The molecule has 47 heavy (non-hydrogen) atoms. The molecule has 3 aromatic rings. The molecule has 4 rings (SSSR count). The molecule has 0 aliphatic carbocycles. The van der Waals surface area contributed by atoms with Crippen LogP contribution in [0.2, 0.25) is 0 Å². The zero-order valence-electron chi connectivity index (χ0n) is 28.9. The summed E-state index contributed by atoms with van der Waals surface area (Å²) >= 11 is 1.88. The summed E-state index contributed by atoms with van der Waals surface area (Å²) in [6.07, 6.45) is 9.18. The predicted molar refractivity (Wildman–Crippen MR) is 185 cm³/mol. The highest BCUT2D eigenvalue weighted by Gasteiger charge is 2.29. The molecule has 1 aliphatic heterocycles. The maximum atomic E-state index is 13.9. The number of hydrogen-bond donors (Lipinski definition) is 1. The Bertz CT molecular complexity index is 1540. The van der Waals surface area contributed by atoms with Gasteiger partial charge in [-0.05, 0) is 90.0 Å². The van der Waals surface area contributed by atoms with Crippen molar-refractivity contribution in [1.82, 2.24) is 24.8 Å². The highest BCUT2D eigenvalue weighted by atomic mass is 32.2. The van der Waals surface area contributed by atoms with E-state index in [0.717, 1.165) is 17.9 Å². The van der Waals surface area contributed by atoms with E-state index in [-0.39, 0.29) is 25.5 Å². The molecule has 2 aromatic heterocycles. The van der Waals surface area contributed by atoms with Crippen LogP contribution in [0.25, 0.3) is 5.65 Å². The number of ether oxygens (including phenoxy) is 2. The van der Waals surface area contributed by atoms with E-state index >= 15 is 0 Å². The van der Waals surface area contributed by atoms with Gasteiger partial charge in [0.1, 0.15) is 16.8 Å². The number of carbonyl (C=O) groups excluding carboxylic acids is 3. The van der Waals surface area contributed by atoms with Crippen molar-refractivity contribution in [3.05, 3.63) is 53.5 Å². The van der Waals surface area contributed by atoms with Gasteiger partial charge in [-0.2, -0.15) is 5.10 Å². The molecule has 1 N–H and O–H groups in total. The van der Waals surface area contributed by atoms with Crippen molar-refractivity contribution in [1.29, 1.82) is 0 Å². The zero-order valence-corrected chi connectivity index (χ0v) is 29.7. The summed E-state index contributed by atoms with van der Waals surface area (Å²) in [5.74, 6) is 0.943. The highest BCUT2D eigenvalue weighted by Crippen LogP contribution is 2.34. The number of hydrogen-bond acceptors (Lipinski definition) is 8. The number of alkyl carbamates (subject to hydrolysis) is 1. The van der Waals surface area contributed by atoms with Crippen molar-refractivity contribution in [3.63, 3.8) is 0 Å². The van der Waals surface area contributed by atoms with Gasteiger partial charge < -0.3 is 24.6 Å². The maximum absolute atomic E-state index is 13.9. The first-order valence-electron chi connectivity index (χ1n) is 16.6. The fraction of sp³-hybridized carbons (Fsp3) is 0.571. The molecule has 3 heterocycles. The standard InChI is InChI=1S/C35H50N6O5S/c1-8-9-10-11-12-21-47-27-13-14-29-25(22-27)16-19-40(29)31(42)28-23-38-41-26(15-17-36-30(28)41)24-39(33(44)46-35(5,6)7)20-18-37-32(43)45-34(2,3)4/h13-15,17,22-23H,8-12,16,18-21,24H2,1-7H3,(H,37,43). The van der Waals surface area contributed by atoms with Crippen LogP contribution in [-0.4, -0.2) is 74.2 Å². The van der Waals surface area contributed by atoms with Crippen molar-refractivity contribution in [3.8, 4) is 0 Å². The Morgan fingerprint density at radius 1 is 1.00 bits per heavy atom. The third kappa shape index (κ3) is 10.3. The summed E-state index contributed by atoms with van der Waals surface area (Å²) in [5.41, 5.74) is 2.17. The third-order valence-corrected chi connectivity index (χ3v) is 8.55. The molecule has 12 heteroatoms. The Balaban J connectivity index is 1.47. The predicted octanol–water partition coefficient (Wildman–Crippen LogP) is 7.26. The number of fused-ring (bicyclic) bond motifs is 2. The van der Waals surface area contributed by atoms with Gasteiger partial charge in [-0.3, -0.25) is 4.79 Å². The SMILES string of the molecule is CCCCCCCSc1ccc2c(c1)CCN2C(=O)c1cnn2c(CN(CCNC(=O)OC(C)(C)C)C(=O)OC(C)(C)C)ccnc12. The van der Waals surface area contributed by atoms with Gasteiger partial charge in [0, 0.05) is 36.4 Å². The van der Waals surface area contributed by atoms with Gasteiger partial charge in [0.2, 0.25) is 0 Å². The molecule has 0 unspecified atom stereocenters. The minimum atomic E-state index is -0.716. The van der Waals surface area contributed by atoms with Gasteiger partial charge >= 0.3 is 12.2 Å². The van der Waals surface area contributed by atoms with Crippen LogP contribution in [0.5, 0.6) is 0 Å². The largest absolute Gasteiger partial charge is 0.444 e.